The van der Waals surface area contributed by atoms with Gasteiger partial charge < -0.3 is 21.3 Å². The van der Waals surface area contributed by atoms with Gasteiger partial charge in [0, 0.05) is 42.5 Å². The second-order valence-corrected chi connectivity index (χ2v) is 7.81. The van der Waals surface area contributed by atoms with Crippen LogP contribution in [-0.2, 0) is 11.2 Å². The van der Waals surface area contributed by atoms with E-state index in [1.807, 2.05) is 19.1 Å². The molecule has 3 unspecified atom stereocenters. The maximum absolute atomic E-state index is 12.2. The molecule has 0 saturated carbocycles. The van der Waals surface area contributed by atoms with Crippen molar-refractivity contribution in [3.8, 4) is 0 Å². The third-order valence-corrected chi connectivity index (χ3v) is 5.57. The molecule has 0 aromatic heterocycles. The normalized spacial score (nSPS) is 23.1. The van der Waals surface area contributed by atoms with Gasteiger partial charge in [0.2, 0.25) is 11.8 Å². The number of rotatable bonds is 5. The lowest BCUT2D eigenvalue weighted by molar-refractivity contribution is -0.117. The molecule has 3 atom stereocenters. The van der Waals surface area contributed by atoms with Gasteiger partial charge in [0.1, 0.15) is 0 Å². The zero-order valence-corrected chi connectivity index (χ0v) is 16.2. The predicted molar refractivity (Wildman–Crippen MR) is 110 cm³/mol. The van der Waals surface area contributed by atoms with Crippen LogP contribution in [0.3, 0.4) is 0 Å². The van der Waals surface area contributed by atoms with E-state index in [9.17, 15) is 9.59 Å². The Morgan fingerprint density at radius 3 is 2.54 bits per heavy atom. The maximum atomic E-state index is 12.2. The van der Waals surface area contributed by atoms with Crippen LogP contribution in [0.4, 0.5) is 11.4 Å². The maximum Gasteiger partial charge on any atom is 0.248 e. The minimum Gasteiger partial charge on any atom is -0.378 e. The molecule has 2 aromatic rings. The summed E-state index contributed by atoms with van der Waals surface area (Å²) in [4.78, 5) is 25.7. The van der Waals surface area contributed by atoms with Crippen LogP contribution in [0.15, 0.2) is 42.5 Å². The molecule has 0 bridgehead atoms. The number of fused-ring (bicyclic) bond motifs is 1. The van der Waals surface area contributed by atoms with Crippen LogP contribution in [-0.4, -0.2) is 30.4 Å². The molecule has 4 N–H and O–H groups in total. The van der Waals surface area contributed by atoms with Crippen molar-refractivity contribution >= 4 is 23.2 Å². The molecule has 2 amide bonds. The summed E-state index contributed by atoms with van der Waals surface area (Å²) in [5.74, 6) is -0.468. The lowest BCUT2D eigenvalue weighted by Gasteiger charge is -2.39. The van der Waals surface area contributed by atoms with Gasteiger partial charge >= 0.3 is 0 Å². The number of nitrogens with two attached hydrogens (primary N) is 1. The summed E-state index contributed by atoms with van der Waals surface area (Å²) in [5.41, 5.74) is 10.0. The highest BCUT2D eigenvalue weighted by Gasteiger charge is 2.33. The minimum absolute atomic E-state index is 0.00272. The number of carbonyl (C=O) groups excluding carboxylic acids is 2. The number of primary amides is 1. The third kappa shape index (κ3) is 3.73. The number of nitrogens with zero attached hydrogens (tertiary/aromatic N) is 1. The molecule has 4 rings (SSSR count). The Balaban J connectivity index is 1.62. The molecule has 0 spiro atoms. The van der Waals surface area contributed by atoms with Crippen molar-refractivity contribution in [2.24, 2.45) is 5.73 Å². The zero-order valence-electron chi connectivity index (χ0n) is 16.2. The van der Waals surface area contributed by atoms with E-state index in [1.54, 1.807) is 17.9 Å². The first kappa shape index (κ1) is 18.5. The van der Waals surface area contributed by atoms with Gasteiger partial charge in [-0.1, -0.05) is 12.1 Å². The Labute approximate surface area is 165 Å². The number of nitrogens with one attached hydrogen (secondary N) is 2. The largest absolute Gasteiger partial charge is 0.378 e. The number of hydrogen-bond donors (Lipinski definition) is 3. The lowest BCUT2D eigenvalue weighted by Crippen LogP contribution is -2.43. The summed E-state index contributed by atoms with van der Waals surface area (Å²) in [6.07, 6.45) is 1.81. The molecule has 0 radical (unpaired) electrons. The van der Waals surface area contributed by atoms with Gasteiger partial charge in [-0.15, -0.1) is 0 Å². The first-order valence-electron chi connectivity index (χ1n) is 9.75. The SMILES string of the molecule is CC(=O)N1c2ccc(C(N)=O)cc2C(Nc2ccc(CC3CN3)cc2)CC1C. The number of carbonyl (C=O) groups is 2. The molecule has 0 aliphatic carbocycles. The van der Waals surface area contributed by atoms with Gasteiger partial charge in [0.05, 0.1) is 6.04 Å². The molecule has 1 fully saturated rings. The fourth-order valence-corrected chi connectivity index (χ4v) is 4.08. The van der Waals surface area contributed by atoms with Gasteiger partial charge in [-0.2, -0.15) is 0 Å². The van der Waals surface area contributed by atoms with E-state index in [4.69, 9.17) is 5.73 Å². The summed E-state index contributed by atoms with van der Waals surface area (Å²) < 4.78 is 0. The highest BCUT2D eigenvalue weighted by molar-refractivity contribution is 5.97. The van der Waals surface area contributed by atoms with E-state index in [2.05, 4.69) is 34.9 Å². The summed E-state index contributed by atoms with van der Waals surface area (Å²) in [6.45, 7) is 4.72. The van der Waals surface area contributed by atoms with Crippen LogP contribution in [0.5, 0.6) is 0 Å². The third-order valence-electron chi connectivity index (χ3n) is 5.57. The van der Waals surface area contributed by atoms with E-state index in [-0.39, 0.29) is 18.0 Å². The van der Waals surface area contributed by atoms with Gasteiger partial charge in [-0.3, -0.25) is 9.59 Å². The predicted octanol–water partition coefficient (Wildman–Crippen LogP) is 2.60. The molecule has 28 heavy (non-hydrogen) atoms. The summed E-state index contributed by atoms with van der Waals surface area (Å²) in [7, 11) is 0. The van der Waals surface area contributed by atoms with Crippen LogP contribution >= 0.6 is 0 Å². The Kier molecular flexibility index (Phi) is 4.81. The Hall–Kier alpha value is -2.86. The second-order valence-electron chi connectivity index (χ2n) is 7.81. The summed E-state index contributed by atoms with van der Waals surface area (Å²) in [6, 6.07) is 14.5. The van der Waals surface area contributed by atoms with Crippen molar-refractivity contribution in [2.75, 3.05) is 16.8 Å². The number of hydrogen-bond acceptors (Lipinski definition) is 4. The number of anilines is 2. The fourth-order valence-electron chi connectivity index (χ4n) is 4.08. The minimum atomic E-state index is -0.465. The van der Waals surface area contributed by atoms with E-state index < -0.39 is 5.91 Å². The van der Waals surface area contributed by atoms with Crippen LogP contribution in [0.2, 0.25) is 0 Å². The van der Waals surface area contributed by atoms with Crippen molar-refractivity contribution in [3.05, 3.63) is 59.2 Å². The molecule has 2 heterocycles. The fraction of sp³-hybridized carbons (Fsp3) is 0.364. The first-order chi connectivity index (χ1) is 13.4. The van der Waals surface area contributed by atoms with Gasteiger partial charge in [0.15, 0.2) is 0 Å². The highest BCUT2D eigenvalue weighted by Crippen LogP contribution is 2.39. The molecule has 6 heteroatoms. The summed E-state index contributed by atoms with van der Waals surface area (Å²) >= 11 is 0. The molecular formula is C22H26N4O2. The van der Waals surface area contributed by atoms with Crippen LogP contribution < -0.4 is 21.3 Å². The monoisotopic (exact) mass is 378 g/mol. The Morgan fingerprint density at radius 2 is 1.93 bits per heavy atom. The zero-order chi connectivity index (χ0) is 19.8. The smallest absolute Gasteiger partial charge is 0.248 e. The quantitative estimate of drug-likeness (QED) is 0.697. The number of amides is 2. The van der Waals surface area contributed by atoms with Crippen LogP contribution in [0.1, 0.15) is 47.8 Å². The second kappa shape index (κ2) is 7.28. The summed E-state index contributed by atoms with van der Waals surface area (Å²) in [5, 5.41) is 6.90. The van der Waals surface area contributed by atoms with E-state index in [1.165, 1.54) is 5.56 Å². The standard InChI is InChI=1S/C22H26N4O2/c1-13-9-20(25-17-6-3-15(4-7-17)10-18-12-24-18)19-11-16(22(23)28)5-8-21(19)26(13)14(2)27/h3-8,11,13,18,20,24-25H,9-10,12H2,1-2H3,(H2,23,28). The van der Waals surface area contributed by atoms with Crippen LogP contribution in [0.25, 0.3) is 0 Å². The van der Waals surface area contributed by atoms with Crippen LogP contribution in [0, 0.1) is 0 Å². The van der Waals surface area contributed by atoms with Gasteiger partial charge in [-0.25, -0.2) is 0 Å². The van der Waals surface area contributed by atoms with Crippen molar-refractivity contribution in [1.29, 1.82) is 0 Å². The van der Waals surface area contributed by atoms with Crippen molar-refractivity contribution in [3.63, 3.8) is 0 Å². The molecule has 146 valence electrons. The molecule has 1 saturated heterocycles. The highest BCUT2D eigenvalue weighted by atomic mass is 16.2. The topological polar surface area (TPSA) is 97.4 Å². The molecule has 2 aromatic carbocycles. The number of benzene rings is 2. The lowest BCUT2D eigenvalue weighted by atomic mass is 9.90. The van der Waals surface area contributed by atoms with E-state index in [0.717, 1.165) is 36.3 Å². The average Bonchev–Trinajstić information content (AvgIpc) is 3.46. The van der Waals surface area contributed by atoms with E-state index >= 15 is 0 Å². The molecule has 6 nitrogen and oxygen atoms in total. The van der Waals surface area contributed by atoms with Crippen molar-refractivity contribution in [2.45, 2.75) is 44.8 Å². The Morgan fingerprint density at radius 1 is 1.21 bits per heavy atom. The average molecular weight is 378 g/mol. The molecular weight excluding hydrogens is 352 g/mol. The molecule has 2 aliphatic rings. The van der Waals surface area contributed by atoms with Crippen molar-refractivity contribution < 1.29 is 9.59 Å². The Bertz CT molecular complexity index is 905. The van der Waals surface area contributed by atoms with Crippen molar-refractivity contribution in [1.82, 2.24) is 5.32 Å². The first-order valence-corrected chi connectivity index (χ1v) is 9.75. The van der Waals surface area contributed by atoms with Gasteiger partial charge in [0.25, 0.3) is 0 Å². The molecule has 2 aliphatic heterocycles. The van der Waals surface area contributed by atoms with E-state index in [0.29, 0.717) is 11.6 Å². The van der Waals surface area contributed by atoms with Gasteiger partial charge in [-0.05, 0) is 61.2 Å².